The molecule has 0 unspecified atom stereocenters. The van der Waals surface area contributed by atoms with Crippen LogP contribution in [-0.4, -0.2) is 21.0 Å². The van der Waals surface area contributed by atoms with Crippen molar-refractivity contribution in [3.63, 3.8) is 0 Å². The molecule has 6 heteroatoms. The molecule has 0 aliphatic heterocycles. The lowest BCUT2D eigenvalue weighted by atomic mass is 10.4. The summed E-state index contributed by atoms with van der Waals surface area (Å²) in [5, 5.41) is 11.2. The summed E-state index contributed by atoms with van der Waals surface area (Å²) in [6.07, 6.45) is 2.63. The van der Waals surface area contributed by atoms with Gasteiger partial charge in [-0.1, -0.05) is 16.8 Å². The van der Waals surface area contributed by atoms with E-state index in [1.165, 1.54) is 12.4 Å². The fraction of sp³-hybridized carbons (Fsp3) is 0. The molecule has 58 valence electrons. The van der Waals surface area contributed by atoms with E-state index in [1.54, 1.807) is 0 Å². The van der Waals surface area contributed by atoms with E-state index in [-0.39, 0.29) is 16.7 Å². The van der Waals surface area contributed by atoms with Crippen molar-refractivity contribution in [2.75, 3.05) is 0 Å². The molecule has 0 bridgehead atoms. The van der Waals surface area contributed by atoms with Crippen LogP contribution in [0.5, 0.6) is 0 Å². The highest BCUT2D eigenvalue weighted by Crippen LogP contribution is 2.00. The fourth-order valence-corrected chi connectivity index (χ4v) is 0.593. The minimum absolute atomic E-state index is 0.0887. The third-order valence-corrected chi connectivity index (χ3v) is 1.19. The molecule has 0 amide bonds. The van der Waals surface area contributed by atoms with Gasteiger partial charge in [0, 0.05) is 0 Å². The number of hydrogen-bond donors (Lipinski definition) is 2. The summed E-state index contributed by atoms with van der Waals surface area (Å²) >= 11 is 5.44. The van der Waals surface area contributed by atoms with E-state index in [0.29, 0.717) is 0 Å². The second-order valence-electron chi connectivity index (χ2n) is 1.71. The van der Waals surface area contributed by atoms with Crippen molar-refractivity contribution < 1.29 is 5.21 Å². The second kappa shape index (κ2) is 3.16. The number of halogens is 1. The molecule has 0 aliphatic rings. The lowest BCUT2D eigenvalue weighted by molar-refractivity contribution is 0.318. The zero-order valence-corrected chi connectivity index (χ0v) is 6.15. The lowest BCUT2D eigenvalue weighted by Crippen LogP contribution is -2.14. The maximum Gasteiger partial charge on any atom is 0.190 e. The smallest absolute Gasteiger partial charge is 0.190 e. The normalized spacial score (nSPS) is 11.5. The fourth-order valence-electron chi connectivity index (χ4n) is 0.496. The summed E-state index contributed by atoms with van der Waals surface area (Å²) in [5.74, 6) is -0.0887. The van der Waals surface area contributed by atoms with Crippen LogP contribution >= 0.6 is 11.6 Å². The van der Waals surface area contributed by atoms with Gasteiger partial charge in [-0.3, -0.25) is 0 Å². The molecule has 1 rings (SSSR count). The Morgan fingerprint density at radius 2 is 2.27 bits per heavy atom. The minimum Gasteiger partial charge on any atom is -0.409 e. The van der Waals surface area contributed by atoms with Gasteiger partial charge in [0.25, 0.3) is 0 Å². The summed E-state index contributed by atoms with van der Waals surface area (Å²) in [4.78, 5) is 7.42. The van der Waals surface area contributed by atoms with Gasteiger partial charge in [-0.15, -0.1) is 0 Å². The Hall–Kier alpha value is -1.36. The molecule has 0 spiro atoms. The summed E-state index contributed by atoms with van der Waals surface area (Å²) < 4.78 is 0. The zero-order chi connectivity index (χ0) is 8.27. The molecule has 0 radical (unpaired) electrons. The van der Waals surface area contributed by atoms with Crippen molar-refractivity contribution in [2.24, 2.45) is 10.9 Å². The topological polar surface area (TPSA) is 84.4 Å². The Morgan fingerprint density at radius 3 is 2.73 bits per heavy atom. The van der Waals surface area contributed by atoms with Crippen LogP contribution in [0, 0.1) is 0 Å². The summed E-state index contributed by atoms with van der Waals surface area (Å²) in [6.45, 7) is 0. The van der Waals surface area contributed by atoms with Crippen LogP contribution in [0.1, 0.15) is 5.69 Å². The van der Waals surface area contributed by atoms with Gasteiger partial charge < -0.3 is 10.9 Å². The summed E-state index contributed by atoms with van der Waals surface area (Å²) in [6, 6.07) is 0. The van der Waals surface area contributed by atoms with Gasteiger partial charge >= 0.3 is 0 Å². The number of aromatic nitrogens is 2. The average Bonchev–Trinajstić information content (AvgIpc) is 2.05. The van der Waals surface area contributed by atoms with Crippen molar-refractivity contribution in [3.05, 3.63) is 23.2 Å². The second-order valence-corrected chi connectivity index (χ2v) is 2.10. The Morgan fingerprint density at radius 1 is 1.55 bits per heavy atom. The molecule has 0 atom stereocenters. The van der Waals surface area contributed by atoms with E-state index in [9.17, 15) is 0 Å². The van der Waals surface area contributed by atoms with Gasteiger partial charge in [-0.2, -0.15) is 0 Å². The van der Waals surface area contributed by atoms with Crippen LogP contribution in [0.15, 0.2) is 17.5 Å². The van der Waals surface area contributed by atoms with Crippen molar-refractivity contribution >= 4 is 17.4 Å². The number of oxime groups is 1. The Kier molecular flexibility index (Phi) is 2.22. The third-order valence-electron chi connectivity index (χ3n) is 0.990. The van der Waals surface area contributed by atoms with E-state index in [4.69, 9.17) is 22.5 Å². The zero-order valence-electron chi connectivity index (χ0n) is 5.40. The molecule has 11 heavy (non-hydrogen) atoms. The highest BCUT2D eigenvalue weighted by atomic mass is 35.5. The SMILES string of the molecule is NC(=NO)c1cnc(Cl)cn1. The van der Waals surface area contributed by atoms with Crippen molar-refractivity contribution in [1.82, 2.24) is 9.97 Å². The van der Waals surface area contributed by atoms with Crippen LogP contribution in [-0.2, 0) is 0 Å². The first-order valence-corrected chi connectivity index (χ1v) is 3.07. The summed E-state index contributed by atoms with van der Waals surface area (Å²) in [5.41, 5.74) is 5.49. The first-order valence-electron chi connectivity index (χ1n) is 2.69. The largest absolute Gasteiger partial charge is 0.409 e. The Bertz CT molecular complexity index is 270. The third kappa shape index (κ3) is 1.78. The molecule has 5 nitrogen and oxygen atoms in total. The van der Waals surface area contributed by atoms with E-state index >= 15 is 0 Å². The van der Waals surface area contributed by atoms with E-state index < -0.39 is 0 Å². The van der Waals surface area contributed by atoms with Gasteiger partial charge in [0.15, 0.2) is 5.84 Å². The first-order chi connectivity index (χ1) is 5.24. The van der Waals surface area contributed by atoms with E-state index in [2.05, 4.69) is 15.1 Å². The molecule has 3 N–H and O–H groups in total. The molecular weight excluding hydrogens is 168 g/mol. The van der Waals surface area contributed by atoms with Gasteiger partial charge in [-0.25, -0.2) is 9.97 Å². The van der Waals surface area contributed by atoms with Crippen LogP contribution in [0.4, 0.5) is 0 Å². The predicted molar refractivity (Wildman–Crippen MR) is 39.6 cm³/mol. The maximum atomic E-state index is 8.22. The van der Waals surface area contributed by atoms with Crippen LogP contribution in [0.3, 0.4) is 0 Å². The van der Waals surface area contributed by atoms with E-state index in [1.807, 2.05) is 0 Å². The van der Waals surface area contributed by atoms with Gasteiger partial charge in [0.2, 0.25) is 0 Å². The van der Waals surface area contributed by atoms with E-state index in [0.717, 1.165) is 0 Å². The summed E-state index contributed by atoms with van der Waals surface area (Å²) in [7, 11) is 0. The number of rotatable bonds is 1. The lowest BCUT2D eigenvalue weighted by Gasteiger charge is -1.94. The number of nitrogens with zero attached hydrogens (tertiary/aromatic N) is 3. The van der Waals surface area contributed by atoms with Crippen LogP contribution in [0.25, 0.3) is 0 Å². The average molecular weight is 173 g/mol. The Labute approximate surface area is 67.5 Å². The number of hydrogen-bond acceptors (Lipinski definition) is 4. The predicted octanol–water partition coefficient (Wildman–Crippen LogP) is 0.224. The number of nitrogens with two attached hydrogens (primary N) is 1. The Balaban J connectivity index is 2.99. The molecule has 0 aromatic carbocycles. The molecule has 0 saturated carbocycles. The molecule has 1 aromatic heterocycles. The molecule has 0 fully saturated rings. The molecule has 0 saturated heterocycles. The van der Waals surface area contributed by atoms with Crippen LogP contribution < -0.4 is 5.73 Å². The monoisotopic (exact) mass is 172 g/mol. The maximum absolute atomic E-state index is 8.22. The van der Waals surface area contributed by atoms with Crippen LogP contribution in [0.2, 0.25) is 5.15 Å². The van der Waals surface area contributed by atoms with Crippen molar-refractivity contribution in [1.29, 1.82) is 0 Å². The molecule has 1 aromatic rings. The minimum atomic E-state index is -0.0887. The van der Waals surface area contributed by atoms with Crippen molar-refractivity contribution in [2.45, 2.75) is 0 Å². The number of amidine groups is 1. The van der Waals surface area contributed by atoms with Gasteiger partial charge in [-0.05, 0) is 0 Å². The highest BCUT2D eigenvalue weighted by Gasteiger charge is 1.99. The standard InChI is InChI=1S/C5H5ClN4O/c6-4-2-8-3(1-9-4)5(7)10-11/h1-2,11H,(H2,7,10). The molecule has 1 heterocycles. The first kappa shape index (κ1) is 7.74. The highest BCUT2D eigenvalue weighted by molar-refractivity contribution is 6.29. The van der Waals surface area contributed by atoms with Crippen molar-refractivity contribution in [3.8, 4) is 0 Å². The van der Waals surface area contributed by atoms with Gasteiger partial charge in [0.1, 0.15) is 10.8 Å². The van der Waals surface area contributed by atoms with Gasteiger partial charge in [0.05, 0.1) is 12.4 Å². The molecular formula is C5H5ClN4O. The molecule has 0 aliphatic carbocycles. The quantitative estimate of drug-likeness (QED) is 0.275.